The van der Waals surface area contributed by atoms with Gasteiger partial charge in [0, 0.05) is 21.8 Å². The third-order valence-corrected chi connectivity index (χ3v) is 4.34. The lowest BCUT2D eigenvalue weighted by atomic mass is 10.0. The minimum Gasteiger partial charge on any atom is -0.322 e. The molecule has 0 unspecified atom stereocenters. The van der Waals surface area contributed by atoms with Crippen molar-refractivity contribution in [1.82, 2.24) is 4.98 Å². The van der Waals surface area contributed by atoms with Crippen molar-refractivity contribution in [2.45, 2.75) is 20.8 Å². The summed E-state index contributed by atoms with van der Waals surface area (Å²) in [6.45, 7) is 5.76. The summed E-state index contributed by atoms with van der Waals surface area (Å²) in [5, 5.41) is 4.44. The first-order valence-corrected chi connectivity index (χ1v) is 7.78. The second-order valence-corrected chi connectivity index (χ2v) is 6.06. The molecule has 0 fully saturated rings. The molecule has 0 saturated heterocycles. The quantitative estimate of drug-likeness (QED) is 0.715. The molecule has 2 aromatic carbocycles. The molecule has 0 aliphatic rings. The summed E-state index contributed by atoms with van der Waals surface area (Å²) in [4.78, 5) is 17.3. The Balaban J connectivity index is 2.11. The number of carbonyl (C=O) groups excluding carboxylic acids is 1. The number of carbonyl (C=O) groups is 1. The minimum absolute atomic E-state index is 0.142. The molecule has 23 heavy (non-hydrogen) atoms. The predicted molar refractivity (Wildman–Crippen MR) is 95.4 cm³/mol. The van der Waals surface area contributed by atoms with Crippen molar-refractivity contribution < 1.29 is 4.79 Å². The smallest absolute Gasteiger partial charge is 0.256 e. The lowest BCUT2D eigenvalue weighted by Gasteiger charge is -2.12. The van der Waals surface area contributed by atoms with Crippen LogP contribution in [-0.4, -0.2) is 10.9 Å². The summed E-state index contributed by atoms with van der Waals surface area (Å²) >= 11 is 6.18. The first kappa shape index (κ1) is 15.5. The number of aryl methyl sites for hydroxylation is 3. The molecule has 0 spiro atoms. The number of hydrogen-bond acceptors (Lipinski definition) is 2. The van der Waals surface area contributed by atoms with Gasteiger partial charge in [-0.25, -0.2) is 0 Å². The highest BCUT2D eigenvalue weighted by Crippen LogP contribution is 2.27. The Morgan fingerprint density at radius 3 is 2.57 bits per heavy atom. The zero-order chi connectivity index (χ0) is 16.6. The van der Waals surface area contributed by atoms with Crippen LogP contribution in [0.3, 0.4) is 0 Å². The Morgan fingerprint density at radius 2 is 1.83 bits per heavy atom. The maximum absolute atomic E-state index is 12.8. The van der Waals surface area contributed by atoms with Crippen LogP contribution in [0.1, 0.15) is 27.2 Å². The van der Waals surface area contributed by atoms with Crippen LogP contribution in [0.15, 0.2) is 42.5 Å². The van der Waals surface area contributed by atoms with Gasteiger partial charge in [-0.2, -0.15) is 0 Å². The first-order valence-electron chi connectivity index (χ1n) is 7.41. The van der Waals surface area contributed by atoms with Crippen molar-refractivity contribution in [2.75, 3.05) is 5.32 Å². The van der Waals surface area contributed by atoms with E-state index in [1.807, 2.05) is 57.2 Å². The Kier molecular flexibility index (Phi) is 4.05. The number of fused-ring (bicyclic) bond motifs is 1. The summed E-state index contributed by atoms with van der Waals surface area (Å²) in [7, 11) is 0. The number of hydrogen-bond donors (Lipinski definition) is 1. The lowest BCUT2D eigenvalue weighted by molar-refractivity contribution is 0.102. The van der Waals surface area contributed by atoms with E-state index in [9.17, 15) is 4.79 Å². The van der Waals surface area contributed by atoms with E-state index in [-0.39, 0.29) is 5.91 Å². The third-order valence-electron chi connectivity index (χ3n) is 3.93. The van der Waals surface area contributed by atoms with E-state index in [1.165, 1.54) is 0 Å². The van der Waals surface area contributed by atoms with Gasteiger partial charge in [0.15, 0.2) is 0 Å². The van der Waals surface area contributed by atoms with Gasteiger partial charge >= 0.3 is 0 Å². The molecule has 3 rings (SSSR count). The normalized spacial score (nSPS) is 10.8. The van der Waals surface area contributed by atoms with Crippen molar-refractivity contribution >= 4 is 34.1 Å². The fourth-order valence-electron chi connectivity index (χ4n) is 2.62. The molecule has 116 valence electrons. The standard InChI is InChI=1S/C19H17ClN2O/c1-11-6-4-5-7-17(11)22-19(23)15-10-12(2)21-18-13(3)16(20)9-8-14(15)18/h4-10H,1-3H3,(H,22,23). The van der Waals surface area contributed by atoms with E-state index in [2.05, 4.69) is 10.3 Å². The summed E-state index contributed by atoms with van der Waals surface area (Å²) in [6, 6.07) is 13.2. The zero-order valence-corrected chi connectivity index (χ0v) is 14.0. The fourth-order valence-corrected chi connectivity index (χ4v) is 2.78. The molecule has 0 atom stereocenters. The Hall–Kier alpha value is -2.39. The SMILES string of the molecule is Cc1cc(C(=O)Nc2ccccc2C)c2ccc(Cl)c(C)c2n1. The molecule has 0 aliphatic heterocycles. The van der Waals surface area contributed by atoms with Gasteiger partial charge in [-0.05, 0) is 50.1 Å². The largest absolute Gasteiger partial charge is 0.322 e. The van der Waals surface area contributed by atoms with Crippen LogP contribution in [0.4, 0.5) is 5.69 Å². The summed E-state index contributed by atoms with van der Waals surface area (Å²) in [6.07, 6.45) is 0. The van der Waals surface area contributed by atoms with Crippen LogP contribution < -0.4 is 5.32 Å². The van der Waals surface area contributed by atoms with Gasteiger partial charge in [0.2, 0.25) is 0 Å². The van der Waals surface area contributed by atoms with Gasteiger partial charge in [-0.3, -0.25) is 9.78 Å². The average Bonchev–Trinajstić information content (AvgIpc) is 2.53. The zero-order valence-electron chi connectivity index (χ0n) is 13.3. The molecule has 0 bridgehead atoms. The molecule has 1 heterocycles. The van der Waals surface area contributed by atoms with Crippen molar-refractivity contribution in [3.05, 3.63) is 69.9 Å². The van der Waals surface area contributed by atoms with Crippen LogP contribution >= 0.6 is 11.6 Å². The molecular weight excluding hydrogens is 308 g/mol. The number of pyridine rings is 1. The number of para-hydroxylation sites is 1. The van der Waals surface area contributed by atoms with Crippen LogP contribution in [0.5, 0.6) is 0 Å². The van der Waals surface area contributed by atoms with Gasteiger partial charge in [0.25, 0.3) is 5.91 Å². The number of benzene rings is 2. The van der Waals surface area contributed by atoms with Crippen molar-refractivity contribution in [2.24, 2.45) is 0 Å². The topological polar surface area (TPSA) is 42.0 Å². The summed E-state index contributed by atoms with van der Waals surface area (Å²) in [5.74, 6) is -0.142. The number of aromatic nitrogens is 1. The van der Waals surface area contributed by atoms with E-state index in [4.69, 9.17) is 11.6 Å². The molecule has 0 aliphatic carbocycles. The van der Waals surface area contributed by atoms with E-state index in [0.717, 1.165) is 33.4 Å². The van der Waals surface area contributed by atoms with E-state index < -0.39 is 0 Å². The molecule has 0 saturated carbocycles. The third kappa shape index (κ3) is 2.92. The Bertz CT molecular complexity index is 919. The molecule has 3 nitrogen and oxygen atoms in total. The molecule has 1 aromatic heterocycles. The Morgan fingerprint density at radius 1 is 1.09 bits per heavy atom. The highest BCUT2D eigenvalue weighted by atomic mass is 35.5. The van der Waals surface area contributed by atoms with E-state index >= 15 is 0 Å². The van der Waals surface area contributed by atoms with Crippen LogP contribution in [0.2, 0.25) is 5.02 Å². The second kappa shape index (κ2) is 6.01. The number of nitrogens with zero attached hydrogens (tertiary/aromatic N) is 1. The average molecular weight is 325 g/mol. The van der Waals surface area contributed by atoms with Gasteiger partial charge in [0.1, 0.15) is 0 Å². The molecule has 0 radical (unpaired) electrons. The molecular formula is C19H17ClN2O. The first-order chi connectivity index (χ1) is 11.0. The Labute approximate surface area is 140 Å². The van der Waals surface area contributed by atoms with Gasteiger partial charge in [-0.1, -0.05) is 35.9 Å². The van der Waals surface area contributed by atoms with Crippen LogP contribution in [0, 0.1) is 20.8 Å². The van der Waals surface area contributed by atoms with Crippen molar-refractivity contribution in [1.29, 1.82) is 0 Å². The lowest BCUT2D eigenvalue weighted by Crippen LogP contribution is -2.14. The van der Waals surface area contributed by atoms with Gasteiger partial charge < -0.3 is 5.32 Å². The van der Waals surface area contributed by atoms with E-state index in [0.29, 0.717) is 10.6 Å². The number of nitrogens with one attached hydrogen (secondary N) is 1. The predicted octanol–water partition coefficient (Wildman–Crippen LogP) is 5.07. The maximum atomic E-state index is 12.8. The molecule has 1 N–H and O–H groups in total. The highest BCUT2D eigenvalue weighted by molar-refractivity contribution is 6.32. The summed E-state index contributed by atoms with van der Waals surface area (Å²) < 4.78 is 0. The van der Waals surface area contributed by atoms with Crippen molar-refractivity contribution in [3.8, 4) is 0 Å². The van der Waals surface area contributed by atoms with Gasteiger partial charge in [0.05, 0.1) is 11.1 Å². The minimum atomic E-state index is -0.142. The summed E-state index contributed by atoms with van der Waals surface area (Å²) in [5.41, 5.74) is 4.89. The van der Waals surface area contributed by atoms with Crippen LogP contribution in [-0.2, 0) is 0 Å². The van der Waals surface area contributed by atoms with Crippen molar-refractivity contribution in [3.63, 3.8) is 0 Å². The number of amides is 1. The molecule has 3 aromatic rings. The monoisotopic (exact) mass is 324 g/mol. The highest BCUT2D eigenvalue weighted by Gasteiger charge is 2.15. The van der Waals surface area contributed by atoms with Crippen LogP contribution in [0.25, 0.3) is 10.9 Å². The molecule has 1 amide bonds. The second-order valence-electron chi connectivity index (χ2n) is 5.65. The maximum Gasteiger partial charge on any atom is 0.256 e. The van der Waals surface area contributed by atoms with Gasteiger partial charge in [-0.15, -0.1) is 0 Å². The number of anilines is 1. The number of rotatable bonds is 2. The van der Waals surface area contributed by atoms with E-state index in [1.54, 1.807) is 6.07 Å². The fraction of sp³-hybridized carbons (Fsp3) is 0.158. The number of halogens is 1. The molecule has 4 heteroatoms.